The molecule has 1 aromatic carbocycles. The lowest BCUT2D eigenvalue weighted by Crippen LogP contribution is -2.36. The molecule has 0 aliphatic heterocycles. The first kappa shape index (κ1) is 10.2. The Kier molecular flexibility index (Phi) is 2.55. The van der Waals surface area contributed by atoms with Crippen LogP contribution in [0, 0.1) is 0 Å². The number of nitrogens with zero attached hydrogens (tertiary/aromatic N) is 1. The number of hydrogen-bond donors (Lipinski definition) is 2. The van der Waals surface area contributed by atoms with Gasteiger partial charge in [0.25, 0.3) is 0 Å². The normalized spacial score (nSPS) is 10.2. The van der Waals surface area contributed by atoms with Gasteiger partial charge in [0.05, 0.1) is 6.42 Å². The molecule has 0 saturated carbocycles. The summed E-state index contributed by atoms with van der Waals surface area (Å²) in [6.45, 7) is 0. The van der Waals surface area contributed by atoms with Gasteiger partial charge < -0.3 is 10.3 Å². The molecule has 16 heavy (non-hydrogen) atoms. The molecule has 0 aliphatic rings. The maximum atomic E-state index is 11.3. The lowest BCUT2D eigenvalue weighted by atomic mass is 10.2. The zero-order valence-electron chi connectivity index (χ0n) is 8.27. The average molecular weight is 219 g/mol. The summed E-state index contributed by atoms with van der Waals surface area (Å²) in [5.74, 6) is -0.508. The van der Waals surface area contributed by atoms with E-state index in [1.165, 1.54) is 0 Å². The number of hydrogen-bond acceptors (Lipinski definition) is 4. The quantitative estimate of drug-likeness (QED) is 0.771. The van der Waals surface area contributed by atoms with Crippen LogP contribution in [-0.4, -0.2) is 17.1 Å². The molecular weight excluding hydrogens is 210 g/mol. The molecule has 6 nitrogen and oxygen atoms in total. The van der Waals surface area contributed by atoms with Crippen molar-refractivity contribution in [1.29, 1.82) is 0 Å². The predicted octanol–water partition coefficient (Wildman–Crippen LogP) is 0.565. The topological polar surface area (TPSA) is 98.2 Å². The number of aromatic nitrogens is 1. The first-order chi connectivity index (χ1) is 7.66. The van der Waals surface area contributed by atoms with Gasteiger partial charge in [-0.2, -0.15) is 0 Å². The number of carbonyl (C=O) groups is 2. The number of rotatable bonds is 2. The maximum Gasteiger partial charge on any atom is 0.318 e. The number of primary amides is 1. The summed E-state index contributed by atoms with van der Waals surface area (Å²) >= 11 is 0. The Morgan fingerprint density at radius 1 is 1.38 bits per heavy atom. The molecular formula is C10H9N3O3. The highest BCUT2D eigenvalue weighted by atomic mass is 16.5. The average Bonchev–Trinajstić information content (AvgIpc) is 2.61. The third-order valence-corrected chi connectivity index (χ3v) is 2.04. The molecule has 0 atom stereocenters. The van der Waals surface area contributed by atoms with E-state index in [1.54, 1.807) is 18.2 Å². The van der Waals surface area contributed by atoms with E-state index >= 15 is 0 Å². The molecule has 0 aliphatic carbocycles. The van der Waals surface area contributed by atoms with Crippen LogP contribution >= 0.6 is 0 Å². The summed E-state index contributed by atoms with van der Waals surface area (Å²) in [5.41, 5.74) is 5.90. The van der Waals surface area contributed by atoms with Crippen LogP contribution in [0.4, 0.5) is 4.79 Å². The molecule has 0 spiro atoms. The molecule has 0 unspecified atom stereocenters. The Morgan fingerprint density at radius 3 is 2.88 bits per heavy atom. The second-order valence-electron chi connectivity index (χ2n) is 3.21. The fourth-order valence-electron chi connectivity index (χ4n) is 1.40. The summed E-state index contributed by atoms with van der Waals surface area (Å²) in [6.07, 6.45) is -0.0417. The van der Waals surface area contributed by atoms with Gasteiger partial charge >= 0.3 is 6.03 Å². The van der Waals surface area contributed by atoms with Crippen molar-refractivity contribution in [3.8, 4) is 0 Å². The van der Waals surface area contributed by atoms with Gasteiger partial charge in [0.15, 0.2) is 5.58 Å². The van der Waals surface area contributed by atoms with Gasteiger partial charge in [-0.25, -0.2) is 4.79 Å². The van der Waals surface area contributed by atoms with E-state index in [-0.39, 0.29) is 6.42 Å². The van der Waals surface area contributed by atoms with Crippen LogP contribution in [0.2, 0.25) is 0 Å². The summed E-state index contributed by atoms with van der Waals surface area (Å²) in [4.78, 5) is 21.7. The summed E-state index contributed by atoms with van der Waals surface area (Å²) in [7, 11) is 0. The molecule has 1 aromatic heterocycles. The van der Waals surface area contributed by atoms with E-state index in [9.17, 15) is 9.59 Å². The molecule has 0 radical (unpaired) electrons. The molecule has 0 saturated heterocycles. The number of benzene rings is 1. The number of nitrogens with one attached hydrogen (secondary N) is 1. The Hall–Kier alpha value is -2.37. The fraction of sp³-hybridized carbons (Fsp3) is 0.100. The Morgan fingerprint density at radius 2 is 2.12 bits per heavy atom. The van der Waals surface area contributed by atoms with Crippen molar-refractivity contribution in [2.75, 3.05) is 0 Å². The van der Waals surface area contributed by atoms with Gasteiger partial charge in [-0.1, -0.05) is 17.3 Å². The molecule has 3 N–H and O–H groups in total. The minimum atomic E-state index is -0.877. The molecule has 82 valence electrons. The monoisotopic (exact) mass is 219 g/mol. The first-order valence-electron chi connectivity index (χ1n) is 4.59. The Bertz CT molecular complexity index is 547. The third kappa shape index (κ3) is 2.00. The first-order valence-corrected chi connectivity index (χ1v) is 4.59. The van der Waals surface area contributed by atoms with Gasteiger partial charge in [-0.3, -0.25) is 10.1 Å². The second-order valence-corrected chi connectivity index (χ2v) is 3.21. The van der Waals surface area contributed by atoms with E-state index in [0.29, 0.717) is 11.3 Å². The van der Waals surface area contributed by atoms with E-state index in [2.05, 4.69) is 5.16 Å². The van der Waals surface area contributed by atoms with Crippen LogP contribution in [0.25, 0.3) is 11.0 Å². The summed E-state index contributed by atoms with van der Waals surface area (Å²) in [5, 5.41) is 6.47. The number of nitrogens with two attached hydrogens (primary N) is 1. The number of fused-ring (bicyclic) bond motifs is 1. The number of amides is 3. The van der Waals surface area contributed by atoms with Crippen molar-refractivity contribution in [3.63, 3.8) is 0 Å². The van der Waals surface area contributed by atoms with Crippen LogP contribution in [0.5, 0.6) is 0 Å². The van der Waals surface area contributed by atoms with E-state index in [4.69, 9.17) is 10.3 Å². The Labute approximate surface area is 90.4 Å². The van der Waals surface area contributed by atoms with Gasteiger partial charge in [-0.15, -0.1) is 0 Å². The molecule has 3 amide bonds. The number of imide groups is 1. The molecule has 2 aromatic rings. The number of para-hydroxylation sites is 1. The van der Waals surface area contributed by atoms with E-state index < -0.39 is 11.9 Å². The van der Waals surface area contributed by atoms with Crippen molar-refractivity contribution in [1.82, 2.24) is 10.5 Å². The molecule has 2 rings (SSSR count). The van der Waals surface area contributed by atoms with Crippen molar-refractivity contribution in [2.45, 2.75) is 6.42 Å². The molecule has 1 heterocycles. The molecule has 6 heteroatoms. The maximum absolute atomic E-state index is 11.3. The zero-order valence-corrected chi connectivity index (χ0v) is 8.27. The van der Waals surface area contributed by atoms with Crippen molar-refractivity contribution in [2.24, 2.45) is 5.73 Å². The summed E-state index contributed by atoms with van der Waals surface area (Å²) in [6, 6.07) is 6.28. The minimum Gasteiger partial charge on any atom is -0.356 e. The minimum absolute atomic E-state index is 0.0417. The molecule has 0 fully saturated rings. The van der Waals surface area contributed by atoms with Crippen LogP contribution in [0.3, 0.4) is 0 Å². The fourth-order valence-corrected chi connectivity index (χ4v) is 1.40. The largest absolute Gasteiger partial charge is 0.356 e. The smallest absolute Gasteiger partial charge is 0.318 e. The van der Waals surface area contributed by atoms with Gasteiger partial charge in [0, 0.05) is 5.39 Å². The van der Waals surface area contributed by atoms with Crippen LogP contribution in [-0.2, 0) is 11.2 Å². The second kappa shape index (κ2) is 4.01. The zero-order chi connectivity index (χ0) is 11.5. The van der Waals surface area contributed by atoms with Crippen LogP contribution < -0.4 is 11.1 Å². The predicted molar refractivity (Wildman–Crippen MR) is 55.4 cm³/mol. The van der Waals surface area contributed by atoms with Crippen LogP contribution in [0.15, 0.2) is 28.8 Å². The Balaban J connectivity index is 2.21. The standard InChI is InChI=1S/C10H9N3O3/c11-10(15)12-9(14)5-7-6-3-1-2-4-8(6)16-13-7/h1-4H,5H2,(H3,11,12,14,15). The highest BCUT2D eigenvalue weighted by Crippen LogP contribution is 2.17. The third-order valence-electron chi connectivity index (χ3n) is 2.04. The van der Waals surface area contributed by atoms with Gasteiger partial charge in [0.1, 0.15) is 5.69 Å². The lowest BCUT2D eigenvalue weighted by Gasteiger charge is -1.97. The SMILES string of the molecule is NC(=O)NC(=O)Cc1noc2ccccc12. The van der Waals surface area contributed by atoms with E-state index in [0.717, 1.165) is 5.39 Å². The number of urea groups is 1. The number of carbonyl (C=O) groups excluding carboxylic acids is 2. The lowest BCUT2D eigenvalue weighted by molar-refractivity contribution is -0.119. The van der Waals surface area contributed by atoms with Crippen molar-refractivity contribution >= 4 is 22.9 Å². The highest BCUT2D eigenvalue weighted by Gasteiger charge is 2.12. The van der Waals surface area contributed by atoms with E-state index in [1.807, 2.05) is 11.4 Å². The van der Waals surface area contributed by atoms with Crippen LogP contribution in [0.1, 0.15) is 5.69 Å². The summed E-state index contributed by atoms with van der Waals surface area (Å²) < 4.78 is 5.01. The highest BCUT2D eigenvalue weighted by molar-refractivity contribution is 5.95. The van der Waals surface area contributed by atoms with Crippen molar-refractivity contribution in [3.05, 3.63) is 30.0 Å². The van der Waals surface area contributed by atoms with Gasteiger partial charge in [0.2, 0.25) is 5.91 Å². The van der Waals surface area contributed by atoms with Crippen molar-refractivity contribution < 1.29 is 14.1 Å². The van der Waals surface area contributed by atoms with Gasteiger partial charge in [-0.05, 0) is 12.1 Å². The molecule has 0 bridgehead atoms.